The molecule has 2 nitrogen and oxygen atoms in total. The summed E-state index contributed by atoms with van der Waals surface area (Å²) in [6, 6.07) is 24.5. The molecule has 0 bridgehead atoms. The van der Waals surface area contributed by atoms with E-state index in [1.165, 1.54) is 23.8 Å². The Hall–Kier alpha value is -2.87. The van der Waals surface area contributed by atoms with Crippen molar-refractivity contribution in [2.45, 2.75) is 13.3 Å². The summed E-state index contributed by atoms with van der Waals surface area (Å²) in [7, 11) is 1.40. The van der Waals surface area contributed by atoms with Crippen molar-refractivity contribution in [3.8, 4) is 22.3 Å². The minimum atomic E-state index is -0.315. The summed E-state index contributed by atoms with van der Waals surface area (Å²) in [5, 5.41) is 0. The van der Waals surface area contributed by atoms with Crippen LogP contribution in [0.2, 0.25) is 0 Å². The predicted molar refractivity (Wildman–Crippen MR) is 98.0 cm³/mol. The third kappa shape index (κ3) is 3.38. The van der Waals surface area contributed by atoms with Gasteiger partial charge in [-0.3, -0.25) is 0 Å². The van der Waals surface area contributed by atoms with Crippen LogP contribution in [0.15, 0.2) is 72.8 Å². The van der Waals surface area contributed by atoms with Crippen LogP contribution in [-0.2, 0) is 11.2 Å². The van der Waals surface area contributed by atoms with Gasteiger partial charge in [0, 0.05) is 0 Å². The van der Waals surface area contributed by atoms with Crippen LogP contribution in [0.1, 0.15) is 22.8 Å². The van der Waals surface area contributed by atoms with Gasteiger partial charge >= 0.3 is 5.97 Å². The van der Waals surface area contributed by atoms with Gasteiger partial charge in [0.15, 0.2) is 0 Å². The molecule has 0 unspecified atom stereocenters. The Labute approximate surface area is 142 Å². The highest BCUT2D eigenvalue weighted by molar-refractivity contribution is 5.91. The summed E-state index contributed by atoms with van der Waals surface area (Å²) in [5.41, 5.74) is 6.39. The van der Waals surface area contributed by atoms with Gasteiger partial charge in [-0.15, -0.1) is 0 Å². The first-order chi connectivity index (χ1) is 11.7. The Bertz CT molecular complexity index is 831. The third-order valence-electron chi connectivity index (χ3n) is 4.20. The summed E-state index contributed by atoms with van der Waals surface area (Å²) < 4.78 is 4.78. The van der Waals surface area contributed by atoms with Crippen LogP contribution in [-0.4, -0.2) is 13.1 Å². The number of carbonyl (C=O) groups excluding carboxylic acids is 1. The molecule has 3 rings (SSSR count). The molecule has 0 amide bonds. The first-order valence-corrected chi connectivity index (χ1v) is 8.09. The number of methoxy groups -OCH3 is 1. The van der Waals surface area contributed by atoms with Gasteiger partial charge in [0.25, 0.3) is 0 Å². The molecule has 3 aromatic rings. The van der Waals surface area contributed by atoms with Crippen LogP contribution in [0.3, 0.4) is 0 Å². The van der Waals surface area contributed by atoms with Gasteiger partial charge in [-0.05, 0) is 46.4 Å². The summed E-state index contributed by atoms with van der Waals surface area (Å²) in [6.07, 6.45) is 1.05. The van der Waals surface area contributed by atoms with E-state index in [0.29, 0.717) is 5.56 Å². The molecule has 3 aromatic carbocycles. The van der Waals surface area contributed by atoms with E-state index in [4.69, 9.17) is 4.74 Å². The number of carbonyl (C=O) groups is 1. The average Bonchev–Trinajstić information content (AvgIpc) is 2.67. The van der Waals surface area contributed by atoms with Crippen molar-refractivity contribution in [2.75, 3.05) is 7.11 Å². The molecule has 24 heavy (non-hydrogen) atoms. The first-order valence-electron chi connectivity index (χ1n) is 8.09. The maximum absolute atomic E-state index is 11.7. The maximum atomic E-state index is 11.7. The molecule has 0 aromatic heterocycles. The van der Waals surface area contributed by atoms with Crippen LogP contribution < -0.4 is 0 Å². The van der Waals surface area contributed by atoms with E-state index >= 15 is 0 Å². The van der Waals surface area contributed by atoms with Gasteiger partial charge in [-0.1, -0.05) is 67.6 Å². The number of hydrogen-bond acceptors (Lipinski definition) is 2. The molecule has 0 spiro atoms. The lowest BCUT2D eigenvalue weighted by molar-refractivity contribution is 0.0601. The Morgan fingerprint density at radius 1 is 0.792 bits per heavy atom. The predicted octanol–water partition coefficient (Wildman–Crippen LogP) is 5.37. The van der Waals surface area contributed by atoms with E-state index in [1.807, 2.05) is 18.2 Å². The van der Waals surface area contributed by atoms with Crippen molar-refractivity contribution in [1.29, 1.82) is 0 Å². The minimum Gasteiger partial charge on any atom is -0.465 e. The Morgan fingerprint density at radius 3 is 1.88 bits per heavy atom. The van der Waals surface area contributed by atoms with Crippen molar-refractivity contribution < 1.29 is 9.53 Å². The SMILES string of the molecule is CCc1ccc(-c2ccc(-c3cccc(C(=O)OC)c3)cc2)cc1. The summed E-state index contributed by atoms with van der Waals surface area (Å²) in [6.45, 7) is 2.16. The van der Waals surface area contributed by atoms with E-state index < -0.39 is 0 Å². The number of hydrogen-bond donors (Lipinski definition) is 0. The summed E-state index contributed by atoms with van der Waals surface area (Å²) in [5.74, 6) is -0.315. The molecule has 0 saturated heterocycles. The molecule has 0 saturated carbocycles. The van der Waals surface area contributed by atoms with Crippen LogP contribution in [0, 0.1) is 0 Å². The van der Waals surface area contributed by atoms with Gasteiger partial charge in [0.1, 0.15) is 0 Å². The highest BCUT2D eigenvalue weighted by Gasteiger charge is 2.07. The third-order valence-corrected chi connectivity index (χ3v) is 4.20. The van der Waals surface area contributed by atoms with E-state index in [0.717, 1.165) is 17.5 Å². The van der Waals surface area contributed by atoms with Crippen LogP contribution in [0.5, 0.6) is 0 Å². The fourth-order valence-corrected chi connectivity index (χ4v) is 2.73. The normalized spacial score (nSPS) is 10.4. The van der Waals surface area contributed by atoms with E-state index in [9.17, 15) is 4.79 Å². The van der Waals surface area contributed by atoms with Crippen molar-refractivity contribution in [2.24, 2.45) is 0 Å². The second kappa shape index (κ2) is 7.14. The lowest BCUT2D eigenvalue weighted by Crippen LogP contribution is -2.00. The minimum absolute atomic E-state index is 0.315. The van der Waals surface area contributed by atoms with E-state index in [2.05, 4.69) is 55.5 Å². The summed E-state index contributed by atoms with van der Waals surface area (Å²) in [4.78, 5) is 11.7. The molecular formula is C22H20O2. The van der Waals surface area contributed by atoms with Gasteiger partial charge in [-0.2, -0.15) is 0 Å². The molecule has 0 aliphatic carbocycles. The smallest absolute Gasteiger partial charge is 0.337 e. The van der Waals surface area contributed by atoms with Crippen molar-refractivity contribution in [3.05, 3.63) is 83.9 Å². The average molecular weight is 316 g/mol. The number of aryl methyl sites for hydroxylation is 1. The molecule has 0 heterocycles. The van der Waals surface area contributed by atoms with Gasteiger partial charge < -0.3 is 4.74 Å². The number of esters is 1. The monoisotopic (exact) mass is 316 g/mol. The molecule has 0 N–H and O–H groups in total. The molecule has 0 fully saturated rings. The molecule has 0 aliphatic heterocycles. The molecule has 120 valence electrons. The van der Waals surface area contributed by atoms with Crippen LogP contribution >= 0.6 is 0 Å². The Kier molecular flexibility index (Phi) is 4.76. The lowest BCUT2D eigenvalue weighted by Gasteiger charge is -2.07. The van der Waals surface area contributed by atoms with E-state index in [1.54, 1.807) is 6.07 Å². The fourth-order valence-electron chi connectivity index (χ4n) is 2.73. The molecule has 0 aliphatic rings. The molecular weight excluding hydrogens is 296 g/mol. The highest BCUT2D eigenvalue weighted by atomic mass is 16.5. The van der Waals surface area contributed by atoms with Crippen LogP contribution in [0.25, 0.3) is 22.3 Å². The largest absolute Gasteiger partial charge is 0.465 e. The topological polar surface area (TPSA) is 26.3 Å². The number of benzene rings is 3. The number of ether oxygens (including phenoxy) is 1. The molecule has 0 radical (unpaired) electrons. The van der Waals surface area contributed by atoms with Crippen molar-refractivity contribution in [3.63, 3.8) is 0 Å². The number of rotatable bonds is 4. The second-order valence-electron chi connectivity index (χ2n) is 5.70. The van der Waals surface area contributed by atoms with Gasteiger partial charge in [0.05, 0.1) is 12.7 Å². The van der Waals surface area contributed by atoms with Crippen LogP contribution in [0.4, 0.5) is 0 Å². The Balaban J connectivity index is 1.87. The zero-order chi connectivity index (χ0) is 16.9. The zero-order valence-electron chi connectivity index (χ0n) is 14.0. The second-order valence-corrected chi connectivity index (χ2v) is 5.70. The van der Waals surface area contributed by atoms with Crippen molar-refractivity contribution >= 4 is 5.97 Å². The Morgan fingerprint density at radius 2 is 1.33 bits per heavy atom. The molecule has 0 atom stereocenters. The van der Waals surface area contributed by atoms with E-state index in [-0.39, 0.29) is 5.97 Å². The standard InChI is InChI=1S/C22H20O2/c1-3-16-7-9-17(10-8-16)18-11-13-19(14-12-18)20-5-4-6-21(15-20)22(23)24-2/h4-15H,3H2,1-2H3. The maximum Gasteiger partial charge on any atom is 0.337 e. The zero-order valence-corrected chi connectivity index (χ0v) is 14.0. The quantitative estimate of drug-likeness (QED) is 0.605. The van der Waals surface area contributed by atoms with Crippen molar-refractivity contribution in [1.82, 2.24) is 0 Å². The van der Waals surface area contributed by atoms with Gasteiger partial charge in [-0.25, -0.2) is 4.79 Å². The van der Waals surface area contributed by atoms with Gasteiger partial charge in [0.2, 0.25) is 0 Å². The molecule has 2 heteroatoms. The first kappa shape index (κ1) is 16.0. The summed E-state index contributed by atoms with van der Waals surface area (Å²) >= 11 is 0. The lowest BCUT2D eigenvalue weighted by atomic mass is 9.98. The fraction of sp³-hybridized carbons (Fsp3) is 0.136. The highest BCUT2D eigenvalue weighted by Crippen LogP contribution is 2.26.